The zero-order valence-corrected chi connectivity index (χ0v) is 12.9. The molecule has 0 unspecified atom stereocenters. The Morgan fingerprint density at radius 1 is 0.708 bits per heavy atom. The Labute approximate surface area is 137 Å². The summed E-state index contributed by atoms with van der Waals surface area (Å²) in [6.07, 6.45) is 14.4. The van der Waals surface area contributed by atoms with Gasteiger partial charge in [0.15, 0.2) is 0 Å². The van der Waals surface area contributed by atoms with E-state index < -0.39 is 0 Å². The topological polar surface area (TPSA) is 56.2 Å². The van der Waals surface area contributed by atoms with E-state index in [1.165, 1.54) is 0 Å². The van der Waals surface area contributed by atoms with Gasteiger partial charge in [-0.25, -0.2) is 9.13 Å². The molecule has 5 rings (SSSR count). The summed E-state index contributed by atoms with van der Waals surface area (Å²) in [7, 11) is 0. The van der Waals surface area contributed by atoms with Crippen LogP contribution in [-0.2, 0) is 0 Å². The van der Waals surface area contributed by atoms with Crippen molar-refractivity contribution in [3.63, 3.8) is 0 Å². The molecule has 5 heterocycles. The van der Waals surface area contributed by atoms with Gasteiger partial charge in [-0.3, -0.25) is 0 Å². The van der Waals surface area contributed by atoms with Crippen LogP contribution in [0.3, 0.4) is 0 Å². The van der Waals surface area contributed by atoms with Crippen LogP contribution in [0.2, 0.25) is 0 Å². The molecule has 0 saturated carbocycles. The van der Waals surface area contributed by atoms with E-state index in [0.29, 0.717) is 0 Å². The molecule has 1 aliphatic rings. The average Bonchev–Trinajstić information content (AvgIpc) is 3.32. The molecular formula is C19H16N5+. The summed E-state index contributed by atoms with van der Waals surface area (Å²) in [6, 6.07) is 12.5. The lowest BCUT2D eigenvalue weighted by Crippen LogP contribution is -2.28. The largest absolute Gasteiger partial charge is 0.355 e. The van der Waals surface area contributed by atoms with Crippen molar-refractivity contribution in [2.45, 2.75) is 0 Å². The Bertz CT molecular complexity index is 1070. The normalized spacial score (nSPS) is 12.7. The molecule has 0 spiro atoms. The minimum Gasteiger partial charge on any atom is -0.355 e. The summed E-state index contributed by atoms with van der Waals surface area (Å²) in [5.74, 6) is 0. The van der Waals surface area contributed by atoms with Crippen molar-refractivity contribution in [1.82, 2.24) is 19.5 Å². The van der Waals surface area contributed by atoms with Gasteiger partial charge in [0.05, 0.1) is 10.7 Å². The number of rotatable bonds is 0. The average molecular weight is 314 g/mol. The summed E-state index contributed by atoms with van der Waals surface area (Å²) in [6.45, 7) is 0. The van der Waals surface area contributed by atoms with E-state index in [1.54, 1.807) is 0 Å². The molecule has 116 valence electrons. The number of aromatic amines is 3. The molecule has 0 saturated heterocycles. The number of aromatic nitrogens is 5. The molecule has 4 aromatic rings. The van der Waals surface area contributed by atoms with Crippen LogP contribution in [0, 0.1) is 0 Å². The summed E-state index contributed by atoms with van der Waals surface area (Å²) in [5, 5.41) is 4.24. The lowest BCUT2D eigenvalue weighted by Gasteiger charge is -1.87. The number of fused-ring (bicyclic) bond motifs is 8. The van der Waals surface area contributed by atoms with Crippen LogP contribution in [0.25, 0.3) is 24.6 Å². The van der Waals surface area contributed by atoms with E-state index in [2.05, 4.69) is 75.9 Å². The third-order valence-corrected chi connectivity index (χ3v) is 4.07. The first-order valence-corrected chi connectivity index (χ1v) is 7.85. The van der Waals surface area contributed by atoms with Crippen molar-refractivity contribution in [2.24, 2.45) is 0 Å². The van der Waals surface area contributed by atoms with Gasteiger partial charge in [-0.1, -0.05) is 0 Å². The highest BCUT2D eigenvalue weighted by molar-refractivity contribution is 5.52. The van der Waals surface area contributed by atoms with E-state index in [0.717, 1.165) is 32.8 Å². The highest BCUT2D eigenvalue weighted by Gasteiger charge is 2.00. The van der Waals surface area contributed by atoms with Crippen LogP contribution in [-0.4, -0.2) is 19.5 Å². The Morgan fingerprint density at radius 2 is 1.38 bits per heavy atom. The number of nitrogens with zero attached hydrogens (tertiary/aromatic N) is 2. The number of H-pyrrole nitrogens is 3. The van der Waals surface area contributed by atoms with Crippen molar-refractivity contribution in [3.8, 4) is 0 Å². The molecule has 0 radical (unpaired) electrons. The van der Waals surface area contributed by atoms with Crippen molar-refractivity contribution in [1.29, 1.82) is 0 Å². The second-order valence-corrected chi connectivity index (χ2v) is 5.96. The molecule has 0 aromatic carbocycles. The maximum atomic E-state index is 3.41. The van der Waals surface area contributed by atoms with Crippen molar-refractivity contribution in [2.75, 3.05) is 0 Å². The molecular weight excluding hydrogens is 298 g/mol. The van der Waals surface area contributed by atoms with Gasteiger partial charge in [-0.2, -0.15) is 0 Å². The van der Waals surface area contributed by atoms with Crippen molar-refractivity contribution in [3.05, 3.63) is 87.9 Å². The quantitative estimate of drug-likeness (QED) is 0.317. The van der Waals surface area contributed by atoms with Crippen LogP contribution >= 0.6 is 0 Å². The minimum absolute atomic E-state index is 1.05. The Balaban J connectivity index is 1.79. The first-order valence-electron chi connectivity index (χ1n) is 7.85. The fourth-order valence-electron chi connectivity index (χ4n) is 2.97. The maximum Gasteiger partial charge on any atom is 0.253 e. The smallest absolute Gasteiger partial charge is 0.253 e. The number of imidazole rings is 1. The molecule has 1 aliphatic heterocycles. The minimum atomic E-state index is 1.05. The van der Waals surface area contributed by atoms with E-state index in [1.807, 2.05) is 27.9 Å². The molecule has 4 aromatic heterocycles. The standard InChI is InChI=1S/C19H16N5/c1-2-15-10-17-4-6-19(22-17)12-24-8-7-23(13-24)11-18-5-3-16(21-18)9-14(1)20-15/h1-13,20-22H/q+1. The molecule has 0 fully saturated rings. The first kappa shape index (κ1) is 13.0. The highest BCUT2D eigenvalue weighted by Crippen LogP contribution is 2.02. The van der Waals surface area contributed by atoms with Gasteiger partial charge < -0.3 is 15.0 Å². The summed E-state index contributed by atoms with van der Waals surface area (Å²) in [5.41, 5.74) is 2.14. The van der Waals surface area contributed by atoms with Crippen LogP contribution in [0.5, 0.6) is 0 Å². The zero-order valence-electron chi connectivity index (χ0n) is 12.9. The molecule has 24 heavy (non-hydrogen) atoms. The fraction of sp³-hybridized carbons (Fsp3) is 0. The van der Waals surface area contributed by atoms with E-state index in [9.17, 15) is 0 Å². The second kappa shape index (κ2) is 5.03. The van der Waals surface area contributed by atoms with Gasteiger partial charge in [0, 0.05) is 22.1 Å². The van der Waals surface area contributed by atoms with E-state index in [4.69, 9.17) is 0 Å². The van der Waals surface area contributed by atoms with Crippen LogP contribution in [0.4, 0.5) is 0 Å². The summed E-state index contributed by atoms with van der Waals surface area (Å²) >= 11 is 0. The molecule has 0 atom stereocenters. The molecule has 8 bridgehead atoms. The third-order valence-electron chi connectivity index (χ3n) is 4.07. The van der Waals surface area contributed by atoms with Gasteiger partial charge in [-0.05, 0) is 48.6 Å². The van der Waals surface area contributed by atoms with Gasteiger partial charge in [0.25, 0.3) is 6.33 Å². The third kappa shape index (κ3) is 2.42. The summed E-state index contributed by atoms with van der Waals surface area (Å²) in [4.78, 5) is 10.2. The lowest BCUT2D eigenvalue weighted by molar-refractivity contribution is -0.568. The Kier molecular flexibility index (Phi) is 2.72. The Morgan fingerprint density at radius 3 is 2.17 bits per heavy atom. The highest BCUT2D eigenvalue weighted by atomic mass is 15.1. The van der Waals surface area contributed by atoms with Gasteiger partial charge in [0.1, 0.15) is 24.8 Å². The maximum absolute atomic E-state index is 3.41. The number of hydrogen-bond donors (Lipinski definition) is 3. The van der Waals surface area contributed by atoms with Gasteiger partial charge >= 0.3 is 0 Å². The molecule has 5 nitrogen and oxygen atoms in total. The van der Waals surface area contributed by atoms with Crippen LogP contribution in [0.1, 0.15) is 11.4 Å². The number of nitrogens with one attached hydrogen (secondary N) is 3. The van der Waals surface area contributed by atoms with Crippen LogP contribution in [0.15, 0.2) is 55.1 Å². The molecule has 5 heteroatoms. The van der Waals surface area contributed by atoms with E-state index >= 15 is 0 Å². The molecule has 0 aliphatic carbocycles. The van der Waals surface area contributed by atoms with Crippen molar-refractivity contribution >= 4 is 24.6 Å². The zero-order chi connectivity index (χ0) is 15.9. The molecule has 3 N–H and O–H groups in total. The van der Waals surface area contributed by atoms with Gasteiger partial charge in [0.2, 0.25) is 0 Å². The van der Waals surface area contributed by atoms with Crippen molar-refractivity contribution < 1.29 is 4.57 Å². The lowest BCUT2D eigenvalue weighted by atomic mass is 10.3. The summed E-state index contributed by atoms with van der Waals surface area (Å²) < 4.78 is 4.06. The second-order valence-electron chi connectivity index (χ2n) is 5.96. The Hall–Kier alpha value is -3.47. The predicted octanol–water partition coefficient (Wildman–Crippen LogP) is -0.696. The van der Waals surface area contributed by atoms with Gasteiger partial charge in [-0.15, -0.1) is 0 Å². The first-order chi connectivity index (χ1) is 11.8. The molecule has 0 amide bonds. The van der Waals surface area contributed by atoms with Crippen LogP contribution < -0.4 is 26.0 Å². The van der Waals surface area contributed by atoms with E-state index in [-0.39, 0.29) is 0 Å². The SMILES string of the molecule is C1=c2ccc([nH]2)=Cn2cc[n+](c2)C=c2ccc([nH]2)=Cc2ccc1[nH]2. The monoisotopic (exact) mass is 314 g/mol. The number of hydrogen-bond acceptors (Lipinski definition) is 0. The predicted molar refractivity (Wildman–Crippen MR) is 92.4 cm³/mol. The fourth-order valence-corrected chi connectivity index (χ4v) is 2.97.